The molecular formula is C13H21NO. The normalized spacial score (nSPS) is 28.2. The molecule has 2 rings (SSSR count). The minimum Gasteiger partial charge on any atom is -0.465 e. The first-order valence-electron chi connectivity index (χ1n) is 5.96. The van der Waals surface area contributed by atoms with Crippen molar-refractivity contribution in [3.8, 4) is 0 Å². The largest absolute Gasteiger partial charge is 0.465 e. The van der Waals surface area contributed by atoms with E-state index in [1.165, 1.54) is 19.3 Å². The van der Waals surface area contributed by atoms with Gasteiger partial charge in [0.05, 0.1) is 6.04 Å². The average Bonchev–Trinajstić information content (AvgIpc) is 2.79. The molecule has 84 valence electrons. The molecule has 1 aliphatic carbocycles. The van der Waals surface area contributed by atoms with Gasteiger partial charge in [0.2, 0.25) is 0 Å². The molecule has 2 nitrogen and oxygen atoms in total. The zero-order chi connectivity index (χ0) is 10.8. The van der Waals surface area contributed by atoms with Crippen LogP contribution in [0.5, 0.6) is 0 Å². The smallest absolute Gasteiger partial charge is 0.121 e. The SMILES string of the molecule is CNC(c1ccc(C)o1)C1CCCC1C. The first-order valence-corrected chi connectivity index (χ1v) is 5.96. The Labute approximate surface area is 92.1 Å². The fourth-order valence-electron chi connectivity index (χ4n) is 2.86. The van der Waals surface area contributed by atoms with Crippen LogP contribution < -0.4 is 5.32 Å². The second kappa shape index (κ2) is 4.40. The van der Waals surface area contributed by atoms with Gasteiger partial charge in [0, 0.05) is 0 Å². The summed E-state index contributed by atoms with van der Waals surface area (Å²) in [4.78, 5) is 0. The minimum absolute atomic E-state index is 0.399. The van der Waals surface area contributed by atoms with E-state index in [9.17, 15) is 0 Å². The van der Waals surface area contributed by atoms with E-state index in [0.29, 0.717) is 6.04 Å². The molecule has 0 aromatic carbocycles. The van der Waals surface area contributed by atoms with E-state index in [4.69, 9.17) is 4.42 Å². The summed E-state index contributed by atoms with van der Waals surface area (Å²) in [7, 11) is 2.04. The van der Waals surface area contributed by atoms with Gasteiger partial charge in [-0.1, -0.05) is 19.8 Å². The van der Waals surface area contributed by atoms with Crippen molar-refractivity contribution in [3.63, 3.8) is 0 Å². The molecule has 1 aromatic rings. The highest BCUT2D eigenvalue weighted by atomic mass is 16.3. The lowest BCUT2D eigenvalue weighted by Gasteiger charge is -2.24. The Balaban J connectivity index is 2.16. The fourth-order valence-corrected chi connectivity index (χ4v) is 2.86. The zero-order valence-electron chi connectivity index (χ0n) is 9.92. The molecule has 15 heavy (non-hydrogen) atoms. The van der Waals surface area contributed by atoms with Crippen molar-refractivity contribution in [1.29, 1.82) is 0 Å². The van der Waals surface area contributed by atoms with E-state index < -0.39 is 0 Å². The Morgan fingerprint density at radius 2 is 2.20 bits per heavy atom. The lowest BCUT2D eigenvalue weighted by atomic mass is 9.89. The van der Waals surface area contributed by atoms with Crippen molar-refractivity contribution in [3.05, 3.63) is 23.7 Å². The van der Waals surface area contributed by atoms with Crippen molar-refractivity contribution >= 4 is 0 Å². The van der Waals surface area contributed by atoms with E-state index in [1.807, 2.05) is 14.0 Å². The van der Waals surface area contributed by atoms with Gasteiger partial charge in [0.15, 0.2) is 0 Å². The van der Waals surface area contributed by atoms with Crippen molar-refractivity contribution in [1.82, 2.24) is 5.32 Å². The third kappa shape index (κ3) is 2.10. The predicted octanol–water partition coefficient (Wildman–Crippen LogP) is 3.28. The Morgan fingerprint density at radius 1 is 1.40 bits per heavy atom. The summed E-state index contributed by atoms with van der Waals surface area (Å²) < 4.78 is 5.73. The molecule has 1 N–H and O–H groups in total. The molecule has 1 aromatic heterocycles. The van der Waals surface area contributed by atoms with Crippen molar-refractivity contribution in [2.24, 2.45) is 11.8 Å². The minimum atomic E-state index is 0.399. The molecule has 3 atom stereocenters. The molecule has 0 saturated heterocycles. The van der Waals surface area contributed by atoms with E-state index in [2.05, 4.69) is 24.4 Å². The molecule has 3 unspecified atom stereocenters. The fraction of sp³-hybridized carbons (Fsp3) is 0.692. The van der Waals surface area contributed by atoms with Gasteiger partial charge in [-0.15, -0.1) is 0 Å². The van der Waals surface area contributed by atoms with E-state index in [0.717, 1.165) is 23.4 Å². The van der Waals surface area contributed by atoms with E-state index >= 15 is 0 Å². The molecule has 1 heterocycles. The predicted molar refractivity (Wildman–Crippen MR) is 61.8 cm³/mol. The summed E-state index contributed by atoms with van der Waals surface area (Å²) in [6.45, 7) is 4.37. The van der Waals surface area contributed by atoms with Gasteiger partial charge < -0.3 is 9.73 Å². The lowest BCUT2D eigenvalue weighted by Crippen LogP contribution is -2.26. The van der Waals surface area contributed by atoms with Crippen LogP contribution in [0.2, 0.25) is 0 Å². The highest BCUT2D eigenvalue weighted by molar-refractivity contribution is 5.11. The quantitative estimate of drug-likeness (QED) is 0.822. The van der Waals surface area contributed by atoms with Crippen LogP contribution in [0.15, 0.2) is 16.5 Å². The van der Waals surface area contributed by atoms with Crippen LogP contribution in [-0.4, -0.2) is 7.05 Å². The van der Waals surface area contributed by atoms with Gasteiger partial charge in [0.25, 0.3) is 0 Å². The Bertz CT molecular complexity index is 318. The maximum atomic E-state index is 5.73. The number of nitrogens with one attached hydrogen (secondary N) is 1. The number of hydrogen-bond donors (Lipinski definition) is 1. The standard InChI is InChI=1S/C13H21NO/c1-9-5-4-6-11(9)13(14-3)12-8-7-10(2)15-12/h7-9,11,13-14H,4-6H2,1-3H3. The highest BCUT2D eigenvalue weighted by Crippen LogP contribution is 2.40. The molecular weight excluding hydrogens is 186 g/mol. The van der Waals surface area contributed by atoms with Gasteiger partial charge in [0.1, 0.15) is 11.5 Å². The number of rotatable bonds is 3. The molecule has 1 aliphatic rings. The van der Waals surface area contributed by atoms with Crippen LogP contribution in [0.4, 0.5) is 0 Å². The summed E-state index contributed by atoms with van der Waals surface area (Å²) in [5.74, 6) is 3.66. The molecule has 0 bridgehead atoms. The Morgan fingerprint density at radius 3 is 2.67 bits per heavy atom. The van der Waals surface area contributed by atoms with Crippen LogP contribution in [0.25, 0.3) is 0 Å². The van der Waals surface area contributed by atoms with Crippen LogP contribution in [0.1, 0.15) is 43.7 Å². The summed E-state index contributed by atoms with van der Waals surface area (Å²) in [6.07, 6.45) is 4.05. The third-order valence-electron chi connectivity index (χ3n) is 3.73. The highest BCUT2D eigenvalue weighted by Gasteiger charge is 2.32. The molecule has 0 spiro atoms. The molecule has 1 fully saturated rings. The third-order valence-corrected chi connectivity index (χ3v) is 3.73. The monoisotopic (exact) mass is 207 g/mol. The van der Waals surface area contributed by atoms with Crippen LogP contribution in [-0.2, 0) is 0 Å². The van der Waals surface area contributed by atoms with Crippen LogP contribution in [0, 0.1) is 18.8 Å². The summed E-state index contributed by atoms with van der Waals surface area (Å²) >= 11 is 0. The van der Waals surface area contributed by atoms with Crippen LogP contribution >= 0.6 is 0 Å². The number of furan rings is 1. The van der Waals surface area contributed by atoms with Crippen LogP contribution in [0.3, 0.4) is 0 Å². The van der Waals surface area contributed by atoms with Crippen molar-refractivity contribution < 1.29 is 4.42 Å². The Hall–Kier alpha value is -0.760. The second-order valence-corrected chi connectivity index (χ2v) is 4.79. The first-order chi connectivity index (χ1) is 7.22. The van der Waals surface area contributed by atoms with Gasteiger partial charge in [-0.05, 0) is 44.4 Å². The maximum Gasteiger partial charge on any atom is 0.121 e. The van der Waals surface area contributed by atoms with Crippen molar-refractivity contribution in [2.45, 2.75) is 39.2 Å². The molecule has 0 radical (unpaired) electrons. The van der Waals surface area contributed by atoms with Gasteiger partial charge in [-0.25, -0.2) is 0 Å². The summed E-state index contributed by atoms with van der Waals surface area (Å²) in [6, 6.07) is 4.57. The maximum absolute atomic E-state index is 5.73. The first kappa shape index (κ1) is 10.7. The molecule has 0 amide bonds. The van der Waals surface area contributed by atoms with E-state index in [1.54, 1.807) is 0 Å². The lowest BCUT2D eigenvalue weighted by molar-refractivity contribution is 0.274. The summed E-state index contributed by atoms with van der Waals surface area (Å²) in [5.41, 5.74) is 0. The summed E-state index contributed by atoms with van der Waals surface area (Å²) in [5, 5.41) is 3.41. The zero-order valence-corrected chi connectivity index (χ0v) is 9.92. The molecule has 1 saturated carbocycles. The number of aryl methyl sites for hydroxylation is 1. The van der Waals surface area contributed by atoms with E-state index in [-0.39, 0.29) is 0 Å². The van der Waals surface area contributed by atoms with Gasteiger partial charge in [-0.3, -0.25) is 0 Å². The van der Waals surface area contributed by atoms with Crippen molar-refractivity contribution in [2.75, 3.05) is 7.05 Å². The topological polar surface area (TPSA) is 25.2 Å². The van der Waals surface area contributed by atoms with Gasteiger partial charge in [-0.2, -0.15) is 0 Å². The number of hydrogen-bond acceptors (Lipinski definition) is 2. The second-order valence-electron chi connectivity index (χ2n) is 4.79. The average molecular weight is 207 g/mol. The van der Waals surface area contributed by atoms with Gasteiger partial charge >= 0.3 is 0 Å². The molecule has 2 heteroatoms. The Kier molecular flexibility index (Phi) is 3.15. The molecule has 0 aliphatic heterocycles.